The summed E-state index contributed by atoms with van der Waals surface area (Å²) in [6.45, 7) is 5.20. The largest absolute Gasteiger partial charge is 0.390 e. The number of aliphatic hydroxyl groups excluding tert-OH is 1. The Balaban J connectivity index is 1.72. The molecule has 2 aliphatic rings. The lowest BCUT2D eigenvalue weighted by Gasteiger charge is -2.38. The number of ether oxygens (including phenoxy) is 4. The summed E-state index contributed by atoms with van der Waals surface area (Å²) in [6.07, 6.45) is 2.41. The van der Waals surface area contributed by atoms with E-state index in [1.54, 1.807) is 0 Å². The van der Waals surface area contributed by atoms with Gasteiger partial charge in [-0.25, -0.2) is 0 Å². The summed E-state index contributed by atoms with van der Waals surface area (Å²) in [5.41, 5.74) is 0. The van der Waals surface area contributed by atoms with E-state index < -0.39 is 11.9 Å². The topological polar surface area (TPSA) is 57.2 Å². The van der Waals surface area contributed by atoms with Crippen molar-refractivity contribution in [1.82, 2.24) is 0 Å². The molecule has 2 atom stereocenters. The van der Waals surface area contributed by atoms with E-state index in [2.05, 4.69) is 6.92 Å². The molecule has 1 saturated carbocycles. The molecule has 1 N–H and O–H groups in total. The summed E-state index contributed by atoms with van der Waals surface area (Å²) in [7, 11) is 0. The molecule has 1 saturated heterocycles. The molecule has 0 bridgehead atoms. The van der Waals surface area contributed by atoms with Gasteiger partial charge in [0.2, 0.25) is 0 Å². The molecule has 1 spiro atoms. The third-order valence-corrected chi connectivity index (χ3v) is 3.48. The zero-order valence-electron chi connectivity index (χ0n) is 11.1. The molecular weight excluding hydrogens is 236 g/mol. The lowest BCUT2D eigenvalue weighted by atomic mass is 9.89. The molecule has 2 fully saturated rings. The van der Waals surface area contributed by atoms with Gasteiger partial charge in [-0.3, -0.25) is 0 Å². The molecule has 1 aliphatic heterocycles. The van der Waals surface area contributed by atoms with E-state index in [-0.39, 0.29) is 6.10 Å². The fourth-order valence-corrected chi connectivity index (χ4v) is 2.53. The van der Waals surface area contributed by atoms with Crippen LogP contribution in [0.1, 0.15) is 32.6 Å². The van der Waals surface area contributed by atoms with E-state index >= 15 is 0 Å². The minimum Gasteiger partial charge on any atom is -0.390 e. The first-order valence-corrected chi connectivity index (χ1v) is 6.91. The van der Waals surface area contributed by atoms with Gasteiger partial charge in [-0.2, -0.15) is 0 Å². The fourth-order valence-electron chi connectivity index (χ4n) is 2.53. The SMILES string of the molecule is CCCOCCOC1CC2(CCC1O)OCCO2. The molecule has 5 nitrogen and oxygen atoms in total. The van der Waals surface area contributed by atoms with Gasteiger partial charge in [0.15, 0.2) is 5.79 Å². The van der Waals surface area contributed by atoms with Crippen molar-refractivity contribution in [1.29, 1.82) is 0 Å². The third-order valence-electron chi connectivity index (χ3n) is 3.48. The van der Waals surface area contributed by atoms with Crippen molar-refractivity contribution in [2.24, 2.45) is 0 Å². The predicted molar refractivity (Wildman–Crippen MR) is 65.3 cm³/mol. The summed E-state index contributed by atoms with van der Waals surface area (Å²) < 4.78 is 22.4. The van der Waals surface area contributed by atoms with Crippen LogP contribution in [0.15, 0.2) is 0 Å². The maximum Gasteiger partial charge on any atom is 0.171 e. The molecule has 2 unspecified atom stereocenters. The van der Waals surface area contributed by atoms with Crippen molar-refractivity contribution in [3.05, 3.63) is 0 Å². The smallest absolute Gasteiger partial charge is 0.171 e. The maximum atomic E-state index is 9.94. The van der Waals surface area contributed by atoms with E-state index in [1.165, 1.54) is 0 Å². The molecule has 106 valence electrons. The minimum atomic E-state index is -0.506. The van der Waals surface area contributed by atoms with Crippen LogP contribution < -0.4 is 0 Å². The molecule has 0 aromatic carbocycles. The van der Waals surface area contributed by atoms with Gasteiger partial charge in [-0.15, -0.1) is 0 Å². The van der Waals surface area contributed by atoms with Crippen LogP contribution in [0.4, 0.5) is 0 Å². The second kappa shape index (κ2) is 6.82. The first-order valence-electron chi connectivity index (χ1n) is 6.91. The Morgan fingerprint density at radius 1 is 1.22 bits per heavy atom. The Bertz CT molecular complexity index is 240. The maximum absolute atomic E-state index is 9.94. The molecule has 1 heterocycles. The molecule has 0 aromatic heterocycles. The van der Waals surface area contributed by atoms with E-state index in [0.29, 0.717) is 39.3 Å². The zero-order chi connectivity index (χ0) is 12.8. The van der Waals surface area contributed by atoms with Crippen molar-refractivity contribution in [3.63, 3.8) is 0 Å². The van der Waals surface area contributed by atoms with Gasteiger partial charge >= 0.3 is 0 Å². The van der Waals surface area contributed by atoms with Crippen LogP contribution >= 0.6 is 0 Å². The highest BCUT2D eigenvalue weighted by atomic mass is 16.7. The number of aliphatic hydroxyl groups is 1. The molecule has 5 heteroatoms. The van der Waals surface area contributed by atoms with Gasteiger partial charge in [0, 0.05) is 19.4 Å². The van der Waals surface area contributed by atoms with E-state index in [0.717, 1.165) is 19.4 Å². The molecule has 0 amide bonds. The van der Waals surface area contributed by atoms with Gasteiger partial charge < -0.3 is 24.1 Å². The Labute approximate surface area is 108 Å². The van der Waals surface area contributed by atoms with Gasteiger partial charge in [0.25, 0.3) is 0 Å². The fraction of sp³-hybridized carbons (Fsp3) is 1.00. The normalized spacial score (nSPS) is 31.0. The first-order chi connectivity index (χ1) is 8.76. The number of rotatable bonds is 6. The van der Waals surface area contributed by atoms with E-state index in [9.17, 15) is 5.11 Å². The number of hydrogen-bond donors (Lipinski definition) is 1. The van der Waals surface area contributed by atoms with Crippen LogP contribution in [-0.2, 0) is 18.9 Å². The summed E-state index contributed by atoms with van der Waals surface area (Å²) in [4.78, 5) is 0. The summed E-state index contributed by atoms with van der Waals surface area (Å²) in [6, 6.07) is 0. The van der Waals surface area contributed by atoms with E-state index in [4.69, 9.17) is 18.9 Å². The quantitative estimate of drug-likeness (QED) is 0.724. The van der Waals surface area contributed by atoms with Crippen LogP contribution in [0.25, 0.3) is 0 Å². The molecular formula is C13H24O5. The standard InChI is InChI=1S/C13H24O5/c1-2-5-15-6-7-16-12-10-13(4-3-11(12)14)17-8-9-18-13/h11-12,14H,2-10H2,1H3. The van der Waals surface area contributed by atoms with Crippen molar-refractivity contribution < 1.29 is 24.1 Å². The molecule has 1 aliphatic carbocycles. The monoisotopic (exact) mass is 260 g/mol. The van der Waals surface area contributed by atoms with Gasteiger partial charge in [-0.1, -0.05) is 6.92 Å². The Kier molecular flexibility index (Phi) is 5.38. The third kappa shape index (κ3) is 3.65. The predicted octanol–water partition coefficient (Wildman–Crippen LogP) is 1.09. The van der Waals surface area contributed by atoms with Gasteiger partial charge in [0.1, 0.15) is 0 Å². The first kappa shape index (κ1) is 14.2. The second-order valence-electron chi connectivity index (χ2n) is 4.94. The summed E-state index contributed by atoms with van der Waals surface area (Å²) in [5.74, 6) is -0.506. The minimum absolute atomic E-state index is 0.206. The highest BCUT2D eigenvalue weighted by Gasteiger charge is 2.45. The van der Waals surface area contributed by atoms with Crippen molar-refractivity contribution in [3.8, 4) is 0 Å². The molecule has 0 radical (unpaired) electrons. The van der Waals surface area contributed by atoms with Crippen molar-refractivity contribution >= 4 is 0 Å². The van der Waals surface area contributed by atoms with E-state index in [1.807, 2.05) is 0 Å². The van der Waals surface area contributed by atoms with Crippen molar-refractivity contribution in [2.45, 2.75) is 50.6 Å². The highest BCUT2D eigenvalue weighted by molar-refractivity contribution is 4.88. The average molecular weight is 260 g/mol. The molecule has 18 heavy (non-hydrogen) atoms. The van der Waals surface area contributed by atoms with Crippen LogP contribution in [0, 0.1) is 0 Å². The van der Waals surface area contributed by atoms with Crippen LogP contribution in [-0.4, -0.2) is 56.1 Å². The highest BCUT2D eigenvalue weighted by Crippen LogP contribution is 2.37. The van der Waals surface area contributed by atoms with Crippen molar-refractivity contribution in [2.75, 3.05) is 33.0 Å². The zero-order valence-corrected chi connectivity index (χ0v) is 11.1. The van der Waals surface area contributed by atoms with Crippen LogP contribution in [0.2, 0.25) is 0 Å². The van der Waals surface area contributed by atoms with Crippen LogP contribution in [0.3, 0.4) is 0 Å². The Morgan fingerprint density at radius 2 is 2.00 bits per heavy atom. The molecule has 2 rings (SSSR count). The van der Waals surface area contributed by atoms with Gasteiger partial charge in [-0.05, 0) is 12.8 Å². The molecule has 0 aromatic rings. The lowest BCUT2D eigenvalue weighted by molar-refractivity contribution is -0.222. The lowest BCUT2D eigenvalue weighted by Crippen LogP contribution is -2.46. The Morgan fingerprint density at radius 3 is 2.72 bits per heavy atom. The number of hydrogen-bond acceptors (Lipinski definition) is 5. The Hall–Kier alpha value is -0.200. The summed E-state index contributed by atoms with van der Waals surface area (Å²) in [5, 5.41) is 9.94. The second-order valence-corrected chi connectivity index (χ2v) is 4.94. The average Bonchev–Trinajstić information content (AvgIpc) is 2.82. The summed E-state index contributed by atoms with van der Waals surface area (Å²) >= 11 is 0. The van der Waals surface area contributed by atoms with Crippen LogP contribution in [0.5, 0.6) is 0 Å². The van der Waals surface area contributed by atoms with Gasteiger partial charge in [0.05, 0.1) is 38.6 Å².